The summed E-state index contributed by atoms with van der Waals surface area (Å²) < 4.78 is 0. The molecule has 4 heteroatoms. The third-order valence-corrected chi connectivity index (χ3v) is 2.89. The smallest absolute Gasteiger partial charge is 0.159 e. The van der Waals surface area contributed by atoms with E-state index in [1.807, 2.05) is 26.2 Å². The maximum Gasteiger partial charge on any atom is 0.159 e. The fourth-order valence-electron chi connectivity index (χ4n) is 1.24. The van der Waals surface area contributed by atoms with Gasteiger partial charge in [0.1, 0.15) is 0 Å². The van der Waals surface area contributed by atoms with Crippen molar-refractivity contribution < 1.29 is 4.79 Å². The SMILES string of the molecule is CCNC(C)(C)C(=O)Cc1nccs1. The summed E-state index contributed by atoms with van der Waals surface area (Å²) in [5.41, 5.74) is -0.444. The van der Waals surface area contributed by atoms with Gasteiger partial charge in [-0.3, -0.25) is 4.79 Å². The van der Waals surface area contributed by atoms with E-state index in [1.54, 1.807) is 6.20 Å². The molecule has 0 saturated carbocycles. The number of nitrogens with one attached hydrogen (secondary N) is 1. The van der Waals surface area contributed by atoms with Crippen LogP contribution in [0.15, 0.2) is 11.6 Å². The molecule has 0 aliphatic rings. The van der Waals surface area contributed by atoms with E-state index in [0.717, 1.165) is 11.6 Å². The predicted molar refractivity (Wildman–Crippen MR) is 58.6 cm³/mol. The van der Waals surface area contributed by atoms with Crippen molar-refractivity contribution >= 4 is 17.1 Å². The second-order valence-corrected chi connectivity index (χ2v) is 4.66. The molecule has 0 radical (unpaired) electrons. The van der Waals surface area contributed by atoms with E-state index in [4.69, 9.17) is 0 Å². The molecule has 0 aliphatic carbocycles. The van der Waals surface area contributed by atoms with Crippen LogP contribution in [-0.2, 0) is 11.2 Å². The summed E-state index contributed by atoms with van der Waals surface area (Å²) in [5.74, 6) is 0.189. The summed E-state index contributed by atoms with van der Waals surface area (Å²) in [7, 11) is 0. The number of ketones is 1. The molecule has 0 atom stereocenters. The molecule has 0 amide bonds. The van der Waals surface area contributed by atoms with Crippen molar-refractivity contribution in [2.24, 2.45) is 0 Å². The highest BCUT2D eigenvalue weighted by Gasteiger charge is 2.26. The minimum atomic E-state index is -0.444. The van der Waals surface area contributed by atoms with Gasteiger partial charge in [-0.15, -0.1) is 11.3 Å². The molecule has 0 spiro atoms. The van der Waals surface area contributed by atoms with Crippen LogP contribution in [0.25, 0.3) is 0 Å². The predicted octanol–water partition coefficient (Wildman–Crippen LogP) is 1.64. The fraction of sp³-hybridized carbons (Fsp3) is 0.600. The van der Waals surface area contributed by atoms with Crippen LogP contribution in [0.4, 0.5) is 0 Å². The van der Waals surface area contributed by atoms with Crippen molar-refractivity contribution in [1.29, 1.82) is 0 Å². The molecule has 0 unspecified atom stereocenters. The Hall–Kier alpha value is -0.740. The van der Waals surface area contributed by atoms with Crippen LogP contribution in [0.3, 0.4) is 0 Å². The van der Waals surface area contributed by atoms with Crippen LogP contribution in [0.1, 0.15) is 25.8 Å². The molecular weight excluding hydrogens is 196 g/mol. The standard InChI is InChI=1S/C10H16N2OS/c1-4-12-10(2,3)8(13)7-9-11-5-6-14-9/h5-6,12H,4,7H2,1-3H3. The molecule has 0 aromatic carbocycles. The highest BCUT2D eigenvalue weighted by Crippen LogP contribution is 2.11. The topological polar surface area (TPSA) is 42.0 Å². The maximum atomic E-state index is 11.8. The van der Waals surface area contributed by atoms with Crippen molar-refractivity contribution in [3.8, 4) is 0 Å². The third-order valence-electron chi connectivity index (χ3n) is 2.11. The van der Waals surface area contributed by atoms with Gasteiger partial charge in [0, 0.05) is 11.6 Å². The van der Waals surface area contributed by atoms with Gasteiger partial charge in [-0.25, -0.2) is 4.98 Å². The summed E-state index contributed by atoms with van der Waals surface area (Å²) in [6.45, 7) is 6.62. The monoisotopic (exact) mass is 212 g/mol. The summed E-state index contributed by atoms with van der Waals surface area (Å²) in [6.07, 6.45) is 2.16. The average Bonchev–Trinajstić information content (AvgIpc) is 2.56. The molecule has 1 N–H and O–H groups in total. The normalized spacial score (nSPS) is 11.6. The van der Waals surface area contributed by atoms with Crippen LogP contribution in [-0.4, -0.2) is 22.9 Å². The Morgan fingerprint density at radius 3 is 2.86 bits per heavy atom. The largest absolute Gasteiger partial charge is 0.306 e. The third kappa shape index (κ3) is 2.89. The van der Waals surface area contributed by atoms with E-state index in [-0.39, 0.29) is 5.78 Å². The lowest BCUT2D eigenvalue weighted by atomic mass is 9.97. The first-order chi connectivity index (χ1) is 6.56. The van der Waals surface area contributed by atoms with Gasteiger partial charge in [-0.2, -0.15) is 0 Å². The Kier molecular flexibility index (Phi) is 3.77. The number of carbonyl (C=O) groups excluding carboxylic acids is 1. The van der Waals surface area contributed by atoms with E-state index >= 15 is 0 Å². The second kappa shape index (κ2) is 4.66. The molecule has 0 saturated heterocycles. The minimum absolute atomic E-state index is 0.189. The number of aromatic nitrogens is 1. The summed E-state index contributed by atoms with van der Waals surface area (Å²) in [5, 5.41) is 5.94. The lowest BCUT2D eigenvalue weighted by Gasteiger charge is -2.23. The molecule has 1 heterocycles. The van der Waals surface area contributed by atoms with Gasteiger partial charge in [0.2, 0.25) is 0 Å². The molecule has 78 valence electrons. The van der Waals surface area contributed by atoms with Crippen LogP contribution >= 0.6 is 11.3 Å². The zero-order valence-corrected chi connectivity index (χ0v) is 9.65. The van der Waals surface area contributed by atoms with Crippen molar-refractivity contribution in [1.82, 2.24) is 10.3 Å². The van der Waals surface area contributed by atoms with Crippen LogP contribution in [0, 0.1) is 0 Å². The van der Waals surface area contributed by atoms with Crippen LogP contribution in [0.2, 0.25) is 0 Å². The number of likely N-dealkylation sites (N-methyl/N-ethyl adjacent to an activating group) is 1. The molecular formula is C10H16N2OS. The van der Waals surface area contributed by atoms with Crippen LogP contribution in [0.5, 0.6) is 0 Å². The number of Topliss-reactive ketones (excluding diaryl/α,β-unsaturated/α-hetero) is 1. The van der Waals surface area contributed by atoms with Gasteiger partial charge in [0.15, 0.2) is 5.78 Å². The van der Waals surface area contributed by atoms with Gasteiger partial charge in [0.05, 0.1) is 17.0 Å². The van der Waals surface area contributed by atoms with Gasteiger partial charge in [-0.05, 0) is 20.4 Å². The Labute approximate surface area is 88.6 Å². The van der Waals surface area contributed by atoms with Gasteiger partial charge < -0.3 is 5.32 Å². The first kappa shape index (κ1) is 11.3. The van der Waals surface area contributed by atoms with Crippen molar-refractivity contribution in [2.45, 2.75) is 32.7 Å². The van der Waals surface area contributed by atoms with E-state index in [1.165, 1.54) is 11.3 Å². The first-order valence-electron chi connectivity index (χ1n) is 4.73. The lowest BCUT2D eigenvalue weighted by molar-refractivity contribution is -0.123. The quantitative estimate of drug-likeness (QED) is 0.807. The summed E-state index contributed by atoms with van der Waals surface area (Å²) in [6, 6.07) is 0. The minimum Gasteiger partial charge on any atom is -0.306 e. The molecule has 14 heavy (non-hydrogen) atoms. The molecule has 0 aliphatic heterocycles. The zero-order chi connectivity index (χ0) is 10.6. The fourth-order valence-corrected chi connectivity index (χ4v) is 1.85. The van der Waals surface area contributed by atoms with Gasteiger partial charge in [-0.1, -0.05) is 6.92 Å². The Bertz CT molecular complexity index is 293. The van der Waals surface area contributed by atoms with Crippen molar-refractivity contribution in [3.63, 3.8) is 0 Å². The van der Waals surface area contributed by atoms with E-state index in [9.17, 15) is 4.79 Å². The van der Waals surface area contributed by atoms with Crippen molar-refractivity contribution in [2.75, 3.05) is 6.54 Å². The van der Waals surface area contributed by atoms with Crippen LogP contribution < -0.4 is 5.32 Å². The highest BCUT2D eigenvalue weighted by atomic mass is 32.1. The Morgan fingerprint density at radius 2 is 2.36 bits per heavy atom. The molecule has 0 fully saturated rings. The number of rotatable bonds is 5. The molecule has 1 rings (SSSR count). The number of thiazole rings is 1. The molecule has 1 aromatic heterocycles. The average molecular weight is 212 g/mol. The van der Waals surface area contributed by atoms with Crippen molar-refractivity contribution in [3.05, 3.63) is 16.6 Å². The van der Waals surface area contributed by atoms with E-state index < -0.39 is 5.54 Å². The summed E-state index contributed by atoms with van der Waals surface area (Å²) in [4.78, 5) is 15.9. The summed E-state index contributed by atoms with van der Waals surface area (Å²) >= 11 is 1.53. The molecule has 3 nitrogen and oxygen atoms in total. The number of nitrogens with zero attached hydrogens (tertiary/aromatic N) is 1. The van der Waals surface area contributed by atoms with Gasteiger partial charge >= 0.3 is 0 Å². The van der Waals surface area contributed by atoms with E-state index in [2.05, 4.69) is 10.3 Å². The highest BCUT2D eigenvalue weighted by molar-refractivity contribution is 7.09. The zero-order valence-electron chi connectivity index (χ0n) is 8.83. The molecule has 0 bridgehead atoms. The second-order valence-electron chi connectivity index (χ2n) is 3.68. The lowest BCUT2D eigenvalue weighted by Crippen LogP contribution is -2.47. The molecule has 1 aromatic rings. The maximum absolute atomic E-state index is 11.8. The van der Waals surface area contributed by atoms with E-state index in [0.29, 0.717) is 6.42 Å². The number of hydrogen-bond acceptors (Lipinski definition) is 4. The first-order valence-corrected chi connectivity index (χ1v) is 5.61. The number of hydrogen-bond donors (Lipinski definition) is 1. The Morgan fingerprint density at radius 1 is 1.64 bits per heavy atom. The van der Waals surface area contributed by atoms with Gasteiger partial charge in [0.25, 0.3) is 0 Å². The Balaban J connectivity index is 2.57. The number of carbonyl (C=O) groups is 1.